The van der Waals surface area contributed by atoms with Gasteiger partial charge in [0.05, 0.1) is 13.2 Å². The second-order valence-corrected chi connectivity index (χ2v) is 7.39. The van der Waals surface area contributed by atoms with Gasteiger partial charge in [-0.1, -0.05) is 65.7 Å². The van der Waals surface area contributed by atoms with E-state index in [2.05, 4.69) is 6.07 Å². The van der Waals surface area contributed by atoms with Gasteiger partial charge in [0.2, 0.25) is 0 Å². The van der Waals surface area contributed by atoms with Crippen LogP contribution in [0.5, 0.6) is 0 Å². The maximum Gasteiger partial charge on any atom is 0.331 e. The number of aryl methyl sites for hydroxylation is 2. The van der Waals surface area contributed by atoms with Crippen molar-refractivity contribution in [1.29, 1.82) is 5.26 Å². The van der Waals surface area contributed by atoms with Gasteiger partial charge >= 0.3 is 5.97 Å². The lowest BCUT2D eigenvalue weighted by Crippen LogP contribution is -2.38. The van der Waals surface area contributed by atoms with E-state index >= 15 is 0 Å². The second kappa shape index (κ2) is 7.44. The molecule has 0 saturated heterocycles. The number of rotatable bonds is 4. The number of benzene rings is 2. The summed E-state index contributed by atoms with van der Waals surface area (Å²) in [7, 11) is 1.28. The molecule has 0 aliphatic heterocycles. The van der Waals surface area contributed by atoms with Crippen LogP contribution in [0.15, 0.2) is 54.6 Å². The number of esters is 1. The number of allylic oxidation sites excluding steroid dienone is 1. The molecule has 3 rings (SSSR count). The number of ketones is 1. The Balaban J connectivity index is 2.33. The summed E-state index contributed by atoms with van der Waals surface area (Å²) >= 11 is 0. The molecule has 2 aromatic carbocycles. The lowest BCUT2D eigenvalue weighted by Gasteiger charge is -2.32. The summed E-state index contributed by atoms with van der Waals surface area (Å²) in [5, 5.41) is 10.3. The molecule has 28 heavy (non-hydrogen) atoms. The zero-order chi connectivity index (χ0) is 20.5. The first kappa shape index (κ1) is 19.6. The number of ether oxygens (including phenoxy) is 1. The first-order chi connectivity index (χ1) is 13.3. The average Bonchev–Trinajstić information content (AvgIpc) is 3.04. The Morgan fingerprint density at radius 3 is 2.25 bits per heavy atom. The molecule has 0 radical (unpaired) electrons. The van der Waals surface area contributed by atoms with E-state index in [1.54, 1.807) is 6.08 Å². The van der Waals surface area contributed by atoms with Crippen LogP contribution in [0.3, 0.4) is 0 Å². The SMILES string of the molecule is COC(=O)[C@@]1(C#N)C(c2cccc(C)c2)=C[C@@H](C(C)=O)[C@@H]1c1cccc(C)c1. The highest BCUT2D eigenvalue weighted by Crippen LogP contribution is 2.57. The van der Waals surface area contributed by atoms with Crippen LogP contribution in [-0.2, 0) is 14.3 Å². The van der Waals surface area contributed by atoms with Crippen molar-refractivity contribution < 1.29 is 14.3 Å². The van der Waals surface area contributed by atoms with Crippen molar-refractivity contribution in [3.63, 3.8) is 0 Å². The summed E-state index contributed by atoms with van der Waals surface area (Å²) in [4.78, 5) is 25.6. The number of carbonyl (C=O) groups excluding carboxylic acids is 2. The van der Waals surface area contributed by atoms with Crippen LogP contribution in [-0.4, -0.2) is 18.9 Å². The Labute approximate surface area is 165 Å². The van der Waals surface area contributed by atoms with Gasteiger partial charge in [0.25, 0.3) is 0 Å². The van der Waals surface area contributed by atoms with Crippen LogP contribution in [0, 0.1) is 36.5 Å². The maximum atomic E-state index is 13.1. The summed E-state index contributed by atoms with van der Waals surface area (Å²) < 4.78 is 5.11. The van der Waals surface area contributed by atoms with E-state index in [1.807, 2.05) is 62.4 Å². The van der Waals surface area contributed by atoms with Crippen LogP contribution in [0.4, 0.5) is 0 Å². The smallest absolute Gasteiger partial charge is 0.331 e. The van der Waals surface area contributed by atoms with Crippen molar-refractivity contribution in [3.05, 3.63) is 76.9 Å². The number of hydrogen-bond donors (Lipinski definition) is 0. The molecule has 0 heterocycles. The van der Waals surface area contributed by atoms with Crippen LogP contribution in [0.25, 0.3) is 5.57 Å². The molecule has 1 aliphatic rings. The quantitative estimate of drug-likeness (QED) is 0.746. The average molecular weight is 373 g/mol. The fourth-order valence-corrected chi connectivity index (χ4v) is 4.23. The van der Waals surface area contributed by atoms with Gasteiger partial charge in [-0.05, 0) is 37.5 Å². The largest absolute Gasteiger partial charge is 0.468 e. The van der Waals surface area contributed by atoms with Gasteiger partial charge < -0.3 is 4.74 Å². The third-order valence-corrected chi connectivity index (χ3v) is 5.48. The molecule has 142 valence electrons. The third kappa shape index (κ3) is 3.03. The normalized spacial score (nSPS) is 23.6. The van der Waals surface area contributed by atoms with Crippen molar-refractivity contribution in [3.8, 4) is 6.07 Å². The van der Waals surface area contributed by atoms with Gasteiger partial charge in [0.1, 0.15) is 5.78 Å². The number of carbonyl (C=O) groups is 2. The molecule has 0 bridgehead atoms. The van der Waals surface area contributed by atoms with Crippen LogP contribution in [0.2, 0.25) is 0 Å². The number of nitrogens with zero attached hydrogens (tertiary/aromatic N) is 1. The molecule has 0 saturated carbocycles. The maximum absolute atomic E-state index is 13.1. The summed E-state index contributed by atoms with van der Waals surface area (Å²) in [6.45, 7) is 5.40. The topological polar surface area (TPSA) is 67.2 Å². The molecule has 0 N–H and O–H groups in total. The monoisotopic (exact) mass is 373 g/mol. The van der Waals surface area contributed by atoms with E-state index in [-0.39, 0.29) is 5.78 Å². The van der Waals surface area contributed by atoms with Crippen LogP contribution >= 0.6 is 0 Å². The van der Waals surface area contributed by atoms with Gasteiger partial charge in [-0.25, -0.2) is 4.79 Å². The molecule has 2 aromatic rings. The fraction of sp³-hybridized carbons (Fsp3) is 0.292. The predicted molar refractivity (Wildman–Crippen MR) is 107 cm³/mol. The van der Waals surface area contributed by atoms with Crippen molar-refractivity contribution in [1.82, 2.24) is 0 Å². The van der Waals surface area contributed by atoms with E-state index in [0.717, 1.165) is 22.3 Å². The van der Waals surface area contributed by atoms with Crippen LogP contribution < -0.4 is 0 Å². The number of methoxy groups -OCH3 is 1. The van der Waals surface area contributed by atoms with E-state index in [0.29, 0.717) is 5.57 Å². The summed E-state index contributed by atoms with van der Waals surface area (Å²) in [5.74, 6) is -1.95. The second-order valence-electron chi connectivity index (χ2n) is 7.39. The molecule has 0 aromatic heterocycles. The highest BCUT2D eigenvalue weighted by Gasteiger charge is 2.59. The molecule has 4 heteroatoms. The molecule has 4 nitrogen and oxygen atoms in total. The summed E-state index contributed by atoms with van der Waals surface area (Å²) in [6.07, 6.45) is 1.78. The van der Waals surface area contributed by atoms with Gasteiger partial charge in [0.15, 0.2) is 5.41 Å². The predicted octanol–water partition coefficient (Wildman–Crippen LogP) is 4.37. The van der Waals surface area contributed by atoms with E-state index in [1.165, 1.54) is 14.0 Å². The van der Waals surface area contributed by atoms with Gasteiger partial charge in [-0.2, -0.15) is 5.26 Å². The van der Waals surface area contributed by atoms with Crippen LogP contribution in [0.1, 0.15) is 35.1 Å². The van der Waals surface area contributed by atoms with Crippen molar-refractivity contribution in [2.24, 2.45) is 11.3 Å². The molecular weight excluding hydrogens is 350 g/mol. The van der Waals surface area contributed by atoms with E-state index in [9.17, 15) is 14.9 Å². The van der Waals surface area contributed by atoms with Gasteiger partial charge in [-0.3, -0.25) is 4.79 Å². The van der Waals surface area contributed by atoms with E-state index in [4.69, 9.17) is 4.74 Å². The van der Waals surface area contributed by atoms with Crippen molar-refractivity contribution >= 4 is 17.3 Å². The molecule has 0 amide bonds. The Morgan fingerprint density at radius 2 is 1.71 bits per heavy atom. The minimum Gasteiger partial charge on any atom is -0.468 e. The lowest BCUT2D eigenvalue weighted by molar-refractivity contribution is -0.147. The first-order valence-electron chi connectivity index (χ1n) is 9.21. The molecule has 0 fully saturated rings. The summed E-state index contributed by atoms with van der Waals surface area (Å²) in [5.41, 5.74) is 2.50. The van der Waals surface area contributed by atoms with Crippen molar-refractivity contribution in [2.75, 3.05) is 7.11 Å². The zero-order valence-electron chi connectivity index (χ0n) is 16.5. The van der Waals surface area contributed by atoms with E-state index < -0.39 is 23.2 Å². The third-order valence-electron chi connectivity index (χ3n) is 5.48. The first-order valence-corrected chi connectivity index (χ1v) is 9.21. The molecule has 0 spiro atoms. The minimum absolute atomic E-state index is 0.0855. The Kier molecular flexibility index (Phi) is 5.20. The number of Topliss-reactive ketones (excluding diaryl/α,β-unsaturated/α-hetero) is 1. The Bertz CT molecular complexity index is 1010. The highest BCUT2D eigenvalue weighted by atomic mass is 16.5. The Hall–Kier alpha value is -3.19. The number of hydrogen-bond acceptors (Lipinski definition) is 4. The molecular formula is C24H23NO3. The highest BCUT2D eigenvalue weighted by molar-refractivity contribution is 6.02. The standard InChI is InChI=1S/C24H23NO3/c1-15-7-5-9-18(11-15)21-13-20(17(3)26)22(19-10-6-8-16(2)12-19)24(21,14-25)23(27)28-4/h5-13,20,22H,1-4H3/t20-,22-,24-/m0/s1. The summed E-state index contributed by atoms with van der Waals surface area (Å²) in [6, 6.07) is 17.5. The van der Waals surface area contributed by atoms with Gasteiger partial charge in [-0.15, -0.1) is 0 Å². The minimum atomic E-state index is -1.59. The molecule has 1 aliphatic carbocycles. The zero-order valence-corrected chi connectivity index (χ0v) is 16.5. The molecule has 3 atom stereocenters. The lowest BCUT2D eigenvalue weighted by atomic mass is 9.67. The number of nitriles is 1. The fourth-order valence-electron chi connectivity index (χ4n) is 4.23. The van der Waals surface area contributed by atoms with Crippen molar-refractivity contribution in [2.45, 2.75) is 26.7 Å². The molecule has 0 unspecified atom stereocenters. The van der Waals surface area contributed by atoms with Gasteiger partial charge in [0, 0.05) is 11.8 Å². The Morgan fingerprint density at radius 1 is 1.07 bits per heavy atom.